The van der Waals surface area contributed by atoms with Crippen molar-refractivity contribution in [2.75, 3.05) is 0 Å². The van der Waals surface area contributed by atoms with Gasteiger partial charge in [0.2, 0.25) is 0 Å². The van der Waals surface area contributed by atoms with Gasteiger partial charge in [-0.2, -0.15) is 25.3 Å². The SMILES string of the molecule is CC=CC=CC[C@H](C[C@@H](CCCCCCc1cc(O)cc(O)c1)SS[C@H](CCCCCCc1cc(O)cc(OS(=O)(=O)O)c1)C[C@H](CC=CC=CC)OS(=O)(=O)O)OS(=O)(=O)O. The number of rotatable bonds is 33. The Morgan fingerprint density at radius 2 is 0.935 bits per heavy atom. The molecule has 0 aromatic heterocycles. The lowest BCUT2D eigenvalue weighted by molar-refractivity contribution is 0.172. The normalized spacial score (nSPS) is 14.9. The Hall–Kier alpha value is -3.05. The quantitative estimate of drug-likeness (QED) is 0.0168. The van der Waals surface area contributed by atoms with Gasteiger partial charge in [0.15, 0.2) is 0 Å². The molecule has 0 bridgehead atoms. The van der Waals surface area contributed by atoms with Crippen LogP contribution in [0, 0.1) is 0 Å². The van der Waals surface area contributed by atoms with Crippen LogP contribution in [0.2, 0.25) is 0 Å². The molecule has 62 heavy (non-hydrogen) atoms. The lowest BCUT2D eigenvalue weighted by Gasteiger charge is -2.25. The van der Waals surface area contributed by atoms with E-state index in [1.165, 1.54) is 39.8 Å². The van der Waals surface area contributed by atoms with Gasteiger partial charge in [-0.15, -0.1) is 0 Å². The molecular formula is C42H62O15S5. The Labute approximate surface area is 376 Å². The third-order valence-corrected chi connectivity index (χ3v) is 14.1. The summed E-state index contributed by atoms with van der Waals surface area (Å²) in [7, 11) is -11.3. The zero-order valence-corrected chi connectivity index (χ0v) is 39.2. The summed E-state index contributed by atoms with van der Waals surface area (Å²) in [6.07, 6.45) is 22.2. The zero-order chi connectivity index (χ0) is 46.0. The highest BCUT2D eigenvalue weighted by Gasteiger charge is 2.26. The van der Waals surface area contributed by atoms with Gasteiger partial charge >= 0.3 is 31.2 Å². The summed E-state index contributed by atoms with van der Waals surface area (Å²) in [6.45, 7) is 3.68. The number of aryl methyl sites for hydroxylation is 2. The van der Waals surface area contributed by atoms with E-state index in [0.29, 0.717) is 37.7 Å². The molecule has 0 saturated carbocycles. The van der Waals surface area contributed by atoms with Gasteiger partial charge in [0.1, 0.15) is 23.0 Å². The topological polar surface area (TPSA) is 251 Å². The molecule has 2 aromatic carbocycles. The highest BCUT2D eigenvalue weighted by atomic mass is 33.1. The number of aromatic hydroxyl groups is 3. The average molecular weight is 967 g/mol. The molecule has 4 atom stereocenters. The maximum Gasteiger partial charge on any atom is 0.446 e. The fourth-order valence-electron chi connectivity index (χ4n) is 6.56. The van der Waals surface area contributed by atoms with E-state index in [1.807, 2.05) is 26.0 Å². The summed E-state index contributed by atoms with van der Waals surface area (Å²) >= 11 is 0. The van der Waals surface area contributed by atoms with Crippen molar-refractivity contribution in [2.45, 2.75) is 139 Å². The number of benzene rings is 2. The molecule has 0 aliphatic heterocycles. The van der Waals surface area contributed by atoms with Crippen molar-refractivity contribution in [1.29, 1.82) is 0 Å². The van der Waals surface area contributed by atoms with E-state index in [-0.39, 0.29) is 59.2 Å². The van der Waals surface area contributed by atoms with Crippen LogP contribution < -0.4 is 4.18 Å². The number of hydrogen-bond acceptors (Lipinski definition) is 14. The van der Waals surface area contributed by atoms with Crippen LogP contribution in [-0.4, -0.2) is 76.9 Å². The standard InChI is InChI=1S/C42H62O15S5/c1-3-5-7-15-21-38(55-60(46,47)48)31-41(23-17-11-9-13-19-33-25-35(43)29-36(44)26-33)58-59-42(32-39(56-61(49,50)51)22-16-8-6-4-2)24-18-12-10-14-20-34-27-37(45)30-40(28-34)57-62(52,53)54/h3-8,15-16,25-30,38-39,41-45H,9-14,17-24,31-32H2,1-2H3,(H,46,47,48)(H,49,50,51)(H,52,53,54)/t38-,39+,41-,42-/m1/s1. The fraction of sp³-hybridized carbons (Fsp3) is 0.524. The van der Waals surface area contributed by atoms with E-state index in [9.17, 15) is 49.7 Å². The van der Waals surface area contributed by atoms with Crippen LogP contribution in [-0.2, 0) is 52.4 Å². The molecule has 2 rings (SSSR count). The van der Waals surface area contributed by atoms with Gasteiger partial charge in [-0.3, -0.25) is 13.7 Å². The molecule has 0 aliphatic rings. The second kappa shape index (κ2) is 29.4. The molecule has 15 nitrogen and oxygen atoms in total. The van der Waals surface area contributed by atoms with Crippen LogP contribution in [0.3, 0.4) is 0 Å². The molecule has 0 unspecified atom stereocenters. The van der Waals surface area contributed by atoms with Crippen LogP contribution in [0.15, 0.2) is 85.0 Å². The van der Waals surface area contributed by atoms with Crippen molar-refractivity contribution in [1.82, 2.24) is 0 Å². The Bertz CT molecular complexity index is 2050. The summed E-state index contributed by atoms with van der Waals surface area (Å²) in [5.74, 6) is -0.437. The largest absolute Gasteiger partial charge is 0.508 e. The molecular weight excluding hydrogens is 905 g/mol. The minimum Gasteiger partial charge on any atom is -0.508 e. The molecule has 6 N–H and O–H groups in total. The second-order valence-electron chi connectivity index (χ2n) is 14.7. The minimum atomic E-state index is -4.78. The van der Waals surface area contributed by atoms with E-state index in [4.69, 9.17) is 12.9 Å². The molecule has 0 aliphatic carbocycles. The van der Waals surface area contributed by atoms with Crippen LogP contribution in [0.1, 0.15) is 115 Å². The molecule has 0 radical (unpaired) electrons. The maximum absolute atomic E-state index is 11.9. The van der Waals surface area contributed by atoms with Gasteiger partial charge in [0, 0.05) is 22.6 Å². The highest BCUT2D eigenvalue weighted by molar-refractivity contribution is 8.77. The van der Waals surface area contributed by atoms with Gasteiger partial charge in [0.05, 0.1) is 12.2 Å². The molecule has 20 heteroatoms. The van der Waals surface area contributed by atoms with Crippen molar-refractivity contribution in [2.24, 2.45) is 0 Å². The molecule has 350 valence electrons. The van der Waals surface area contributed by atoms with Crippen molar-refractivity contribution in [3.8, 4) is 23.0 Å². The van der Waals surface area contributed by atoms with Gasteiger partial charge in [-0.25, -0.2) is 8.37 Å². The van der Waals surface area contributed by atoms with Gasteiger partial charge < -0.3 is 19.5 Å². The number of phenols is 3. The highest BCUT2D eigenvalue weighted by Crippen LogP contribution is 2.41. The summed E-state index contributed by atoms with van der Waals surface area (Å²) < 4.78 is 113. The minimum absolute atomic E-state index is 0.00341. The average Bonchev–Trinajstić information content (AvgIpc) is 3.13. The first-order valence-electron chi connectivity index (χ1n) is 20.4. The summed E-state index contributed by atoms with van der Waals surface area (Å²) in [5, 5.41) is 29.3. The third-order valence-electron chi connectivity index (χ3n) is 9.17. The summed E-state index contributed by atoms with van der Waals surface area (Å²) in [6, 6.07) is 8.48. The van der Waals surface area contributed by atoms with E-state index in [0.717, 1.165) is 56.6 Å². The van der Waals surface area contributed by atoms with E-state index in [1.54, 1.807) is 48.6 Å². The van der Waals surface area contributed by atoms with Gasteiger partial charge in [-0.1, -0.05) is 109 Å². The summed E-state index contributed by atoms with van der Waals surface area (Å²) in [4.78, 5) is 0. The van der Waals surface area contributed by atoms with Gasteiger partial charge in [0.25, 0.3) is 0 Å². The van der Waals surface area contributed by atoms with Crippen LogP contribution in [0.5, 0.6) is 23.0 Å². The van der Waals surface area contributed by atoms with E-state index >= 15 is 0 Å². The molecule has 0 spiro atoms. The van der Waals surface area contributed by atoms with Crippen molar-refractivity contribution >= 4 is 52.8 Å². The molecule has 2 aromatic rings. The second-order valence-corrected chi connectivity index (χ2v) is 20.7. The first-order chi connectivity index (χ1) is 29.2. The van der Waals surface area contributed by atoms with Crippen LogP contribution in [0.4, 0.5) is 0 Å². The Morgan fingerprint density at radius 3 is 1.34 bits per heavy atom. The van der Waals surface area contributed by atoms with Crippen LogP contribution in [0.25, 0.3) is 0 Å². The lowest BCUT2D eigenvalue weighted by atomic mass is 10.0. The maximum atomic E-state index is 11.9. The Kier molecular flexibility index (Phi) is 26.1. The number of phenolic OH excluding ortho intramolecular Hbond substituents is 3. The smallest absolute Gasteiger partial charge is 0.446 e. The fourth-order valence-corrected chi connectivity index (χ4v) is 11.3. The predicted molar refractivity (Wildman–Crippen MR) is 246 cm³/mol. The van der Waals surface area contributed by atoms with Crippen LogP contribution >= 0.6 is 21.6 Å². The first-order valence-corrected chi connectivity index (χ1v) is 26.8. The van der Waals surface area contributed by atoms with Crippen molar-refractivity contribution in [3.63, 3.8) is 0 Å². The van der Waals surface area contributed by atoms with E-state index < -0.39 is 43.4 Å². The molecule has 0 amide bonds. The van der Waals surface area contributed by atoms with Gasteiger partial charge in [-0.05, 0) is 113 Å². The molecule has 0 fully saturated rings. The third kappa shape index (κ3) is 28.6. The number of unbranched alkanes of at least 4 members (excludes halogenated alkanes) is 6. The Morgan fingerprint density at radius 1 is 0.532 bits per heavy atom. The molecule has 0 saturated heterocycles. The summed E-state index contributed by atoms with van der Waals surface area (Å²) in [5.41, 5.74) is 1.43. The Balaban J connectivity index is 2.22. The van der Waals surface area contributed by atoms with Crippen molar-refractivity contribution < 1.29 is 66.8 Å². The number of hydrogen-bond donors (Lipinski definition) is 6. The monoisotopic (exact) mass is 966 g/mol. The lowest BCUT2D eigenvalue weighted by Crippen LogP contribution is -2.23. The van der Waals surface area contributed by atoms with Crippen molar-refractivity contribution in [3.05, 3.63) is 96.1 Å². The zero-order valence-electron chi connectivity index (χ0n) is 35.1. The number of allylic oxidation sites excluding steroid dienone is 6. The first kappa shape index (κ1) is 55.1. The predicted octanol–water partition coefficient (Wildman–Crippen LogP) is 9.99. The van der Waals surface area contributed by atoms with E-state index in [2.05, 4.69) is 4.18 Å². The molecule has 0 heterocycles.